The first kappa shape index (κ1) is 13.1. The van der Waals surface area contributed by atoms with Gasteiger partial charge < -0.3 is 10.4 Å². The number of aryl methyl sites for hydroxylation is 1. The number of hydrogen-bond acceptors (Lipinski definition) is 2. The Balaban J connectivity index is 1.76. The minimum Gasteiger partial charge on any atom is -0.392 e. The van der Waals surface area contributed by atoms with Crippen LogP contribution in [0.2, 0.25) is 0 Å². The van der Waals surface area contributed by atoms with E-state index in [0.717, 1.165) is 12.8 Å². The molecular weight excluding hydrogens is 234 g/mol. The van der Waals surface area contributed by atoms with E-state index >= 15 is 0 Å². The molecule has 0 aromatic heterocycles. The second-order valence-corrected chi connectivity index (χ2v) is 6.12. The van der Waals surface area contributed by atoms with Gasteiger partial charge in [0.2, 0.25) is 0 Å². The smallest absolute Gasteiger partial charge is 0.0693 e. The average Bonchev–Trinajstić information content (AvgIpc) is 2.64. The van der Waals surface area contributed by atoms with Gasteiger partial charge in [0.15, 0.2) is 0 Å². The zero-order valence-electron chi connectivity index (χ0n) is 11.6. The number of fused-ring (bicyclic) bond motifs is 1. The van der Waals surface area contributed by atoms with Crippen molar-refractivity contribution in [3.8, 4) is 0 Å². The molecule has 0 spiro atoms. The Morgan fingerprint density at radius 3 is 2.63 bits per heavy atom. The Kier molecular flexibility index (Phi) is 4.19. The molecule has 0 saturated heterocycles. The maximum atomic E-state index is 10.2. The minimum atomic E-state index is -0.149. The molecule has 19 heavy (non-hydrogen) atoms. The minimum absolute atomic E-state index is 0.149. The molecule has 2 aliphatic rings. The monoisotopic (exact) mass is 259 g/mol. The Morgan fingerprint density at radius 2 is 1.74 bits per heavy atom. The maximum absolute atomic E-state index is 10.2. The summed E-state index contributed by atoms with van der Waals surface area (Å²) in [6.45, 7) is 0. The summed E-state index contributed by atoms with van der Waals surface area (Å²) in [7, 11) is 0. The lowest BCUT2D eigenvalue weighted by Crippen LogP contribution is -2.43. The molecule has 3 atom stereocenters. The van der Waals surface area contributed by atoms with Crippen molar-refractivity contribution in [1.82, 2.24) is 5.32 Å². The number of aliphatic hydroxyl groups excluding tert-OH is 1. The van der Waals surface area contributed by atoms with Crippen molar-refractivity contribution in [3.63, 3.8) is 0 Å². The van der Waals surface area contributed by atoms with Crippen LogP contribution in [0.25, 0.3) is 0 Å². The van der Waals surface area contributed by atoms with Crippen LogP contribution in [0.4, 0.5) is 0 Å². The van der Waals surface area contributed by atoms with Crippen molar-refractivity contribution < 1.29 is 5.11 Å². The second-order valence-electron chi connectivity index (χ2n) is 6.12. The van der Waals surface area contributed by atoms with E-state index in [9.17, 15) is 5.11 Å². The van der Waals surface area contributed by atoms with E-state index in [1.807, 2.05) is 0 Å². The maximum Gasteiger partial charge on any atom is 0.0693 e. The molecule has 2 aliphatic carbocycles. The van der Waals surface area contributed by atoms with Crippen molar-refractivity contribution in [2.24, 2.45) is 0 Å². The van der Waals surface area contributed by atoms with Crippen LogP contribution in [0.5, 0.6) is 0 Å². The van der Waals surface area contributed by atoms with Crippen molar-refractivity contribution >= 4 is 0 Å². The number of nitrogens with one attached hydrogen (secondary N) is 1. The van der Waals surface area contributed by atoms with Crippen molar-refractivity contribution in [2.75, 3.05) is 0 Å². The fourth-order valence-electron chi connectivity index (χ4n) is 3.66. The van der Waals surface area contributed by atoms with Crippen LogP contribution in [0.1, 0.15) is 62.1 Å². The van der Waals surface area contributed by atoms with E-state index in [4.69, 9.17) is 0 Å². The molecular formula is C17H25NO. The Labute approximate surface area is 116 Å². The summed E-state index contributed by atoms with van der Waals surface area (Å²) < 4.78 is 0. The molecule has 2 nitrogen and oxygen atoms in total. The first-order valence-electron chi connectivity index (χ1n) is 7.86. The number of aliphatic hydroxyl groups is 1. The van der Waals surface area contributed by atoms with Gasteiger partial charge in [0.05, 0.1) is 6.10 Å². The van der Waals surface area contributed by atoms with Gasteiger partial charge in [0.25, 0.3) is 0 Å². The molecule has 0 heterocycles. The molecule has 1 fully saturated rings. The highest BCUT2D eigenvalue weighted by atomic mass is 16.3. The number of rotatable bonds is 2. The van der Waals surface area contributed by atoms with E-state index in [0.29, 0.717) is 12.1 Å². The molecule has 1 aromatic carbocycles. The van der Waals surface area contributed by atoms with Crippen LogP contribution < -0.4 is 5.32 Å². The number of hydrogen-bond donors (Lipinski definition) is 2. The predicted octanol–water partition coefficient (Wildman–Crippen LogP) is 3.35. The molecule has 3 rings (SSSR count). The molecule has 0 radical (unpaired) electrons. The van der Waals surface area contributed by atoms with Gasteiger partial charge >= 0.3 is 0 Å². The molecule has 0 bridgehead atoms. The number of benzene rings is 1. The summed E-state index contributed by atoms with van der Waals surface area (Å²) in [5.74, 6) is 0. The molecule has 0 aliphatic heterocycles. The summed E-state index contributed by atoms with van der Waals surface area (Å²) in [6.07, 6.45) is 9.37. The first-order chi connectivity index (χ1) is 9.34. The first-order valence-corrected chi connectivity index (χ1v) is 7.86. The van der Waals surface area contributed by atoms with Gasteiger partial charge in [-0.2, -0.15) is 0 Å². The van der Waals surface area contributed by atoms with E-state index in [1.165, 1.54) is 49.7 Å². The molecule has 2 heteroatoms. The van der Waals surface area contributed by atoms with Gasteiger partial charge in [0.1, 0.15) is 0 Å². The third kappa shape index (κ3) is 3.01. The Morgan fingerprint density at radius 1 is 0.947 bits per heavy atom. The van der Waals surface area contributed by atoms with E-state index in [1.54, 1.807) is 0 Å². The zero-order valence-corrected chi connectivity index (χ0v) is 11.6. The zero-order chi connectivity index (χ0) is 13.1. The van der Waals surface area contributed by atoms with E-state index < -0.39 is 0 Å². The third-order valence-corrected chi connectivity index (χ3v) is 4.76. The van der Waals surface area contributed by atoms with Crippen LogP contribution in [0.3, 0.4) is 0 Å². The lowest BCUT2D eigenvalue weighted by molar-refractivity contribution is 0.0840. The molecule has 1 saturated carbocycles. The van der Waals surface area contributed by atoms with Crippen molar-refractivity contribution in [2.45, 2.75) is 69.6 Å². The highest BCUT2D eigenvalue weighted by molar-refractivity contribution is 5.31. The fraction of sp³-hybridized carbons (Fsp3) is 0.647. The van der Waals surface area contributed by atoms with Gasteiger partial charge in [0, 0.05) is 12.1 Å². The summed E-state index contributed by atoms with van der Waals surface area (Å²) in [4.78, 5) is 0. The standard InChI is InChI=1S/C17H25NO/c19-17-12-6-5-11-16(17)18-15-10-4-2-8-13-7-1-3-9-14(13)15/h1,3,7,9,15-19H,2,4-6,8,10-12H2. The van der Waals surface area contributed by atoms with Crippen molar-refractivity contribution in [3.05, 3.63) is 35.4 Å². The highest BCUT2D eigenvalue weighted by Gasteiger charge is 2.27. The Hall–Kier alpha value is -0.860. The topological polar surface area (TPSA) is 32.3 Å². The quantitative estimate of drug-likeness (QED) is 0.798. The summed E-state index contributed by atoms with van der Waals surface area (Å²) >= 11 is 0. The van der Waals surface area contributed by atoms with Gasteiger partial charge in [-0.05, 0) is 43.2 Å². The fourth-order valence-corrected chi connectivity index (χ4v) is 3.66. The van der Waals surface area contributed by atoms with Gasteiger partial charge in [-0.3, -0.25) is 0 Å². The molecule has 0 amide bonds. The SMILES string of the molecule is OC1CCCCC1NC1CCCCc2ccccc21. The van der Waals surface area contributed by atoms with E-state index in [-0.39, 0.29) is 6.10 Å². The lowest BCUT2D eigenvalue weighted by Gasteiger charge is -2.32. The van der Waals surface area contributed by atoms with Crippen LogP contribution >= 0.6 is 0 Å². The molecule has 1 aromatic rings. The molecule has 2 N–H and O–H groups in total. The van der Waals surface area contributed by atoms with E-state index in [2.05, 4.69) is 29.6 Å². The molecule has 3 unspecified atom stereocenters. The van der Waals surface area contributed by atoms with Gasteiger partial charge in [-0.25, -0.2) is 0 Å². The third-order valence-electron chi connectivity index (χ3n) is 4.76. The van der Waals surface area contributed by atoms with Crippen LogP contribution in [0, 0.1) is 0 Å². The second kappa shape index (κ2) is 6.06. The van der Waals surface area contributed by atoms with Gasteiger partial charge in [-0.1, -0.05) is 43.5 Å². The lowest BCUT2D eigenvalue weighted by atomic mass is 9.90. The average molecular weight is 259 g/mol. The van der Waals surface area contributed by atoms with Crippen LogP contribution in [0.15, 0.2) is 24.3 Å². The van der Waals surface area contributed by atoms with Crippen LogP contribution in [-0.4, -0.2) is 17.3 Å². The highest BCUT2D eigenvalue weighted by Crippen LogP contribution is 2.30. The predicted molar refractivity (Wildman–Crippen MR) is 78.1 cm³/mol. The summed E-state index contributed by atoms with van der Waals surface area (Å²) in [5, 5.41) is 13.9. The van der Waals surface area contributed by atoms with Crippen LogP contribution in [-0.2, 0) is 6.42 Å². The van der Waals surface area contributed by atoms with Gasteiger partial charge in [-0.15, -0.1) is 0 Å². The summed E-state index contributed by atoms with van der Waals surface area (Å²) in [5.41, 5.74) is 2.97. The normalized spacial score (nSPS) is 31.5. The van der Waals surface area contributed by atoms with Crippen molar-refractivity contribution in [1.29, 1.82) is 0 Å². The largest absolute Gasteiger partial charge is 0.392 e. The summed E-state index contributed by atoms with van der Waals surface area (Å²) in [6, 6.07) is 9.58. The Bertz CT molecular complexity index is 417. The molecule has 104 valence electrons.